The molecule has 0 aliphatic heterocycles. The Morgan fingerprint density at radius 1 is 0.800 bits per heavy atom. The summed E-state index contributed by atoms with van der Waals surface area (Å²) in [5.74, 6) is 0. The Morgan fingerprint density at radius 2 is 1.40 bits per heavy atom. The first-order valence-corrected chi connectivity index (χ1v) is 8.09. The van der Waals surface area contributed by atoms with Crippen LogP contribution in [0.25, 0.3) is 0 Å². The fraction of sp³-hybridized carbons (Fsp3) is 1.00. The Morgan fingerprint density at radius 3 is 1.80 bits per heavy atom. The molecule has 0 radical (unpaired) electrons. The van der Waals surface area contributed by atoms with Crippen LogP contribution in [-0.2, 0) is 13.3 Å². The molecule has 0 bridgehead atoms. The van der Waals surface area contributed by atoms with Crippen LogP contribution in [0.5, 0.6) is 0 Å². The average Bonchev–Trinajstić information content (AvgIpc) is 2.19. The fourth-order valence-corrected chi connectivity index (χ4v) is 4.09. The highest BCUT2D eigenvalue weighted by Gasteiger charge is 2.39. The van der Waals surface area contributed by atoms with Crippen molar-refractivity contribution in [3.8, 4) is 0 Å². The maximum atomic E-state index is 5.89. The molecule has 0 saturated heterocycles. The number of hydrogen-bond donors (Lipinski definition) is 0. The van der Waals surface area contributed by atoms with Gasteiger partial charge in [-0.15, -0.1) is 0 Å². The van der Waals surface area contributed by atoms with Crippen LogP contribution in [0.4, 0.5) is 0 Å². The van der Waals surface area contributed by atoms with E-state index in [2.05, 4.69) is 13.8 Å². The first-order valence-electron chi connectivity index (χ1n) is 6.16. The summed E-state index contributed by atoms with van der Waals surface area (Å²) in [4.78, 5) is 0. The standard InChI is InChI=1S/C11H26O3Si/c1-5-9-10-14-15(11-6-2,12-7-3)13-8-4/h5-11H2,1-4H3. The summed E-state index contributed by atoms with van der Waals surface area (Å²) in [6.07, 6.45) is 3.28. The van der Waals surface area contributed by atoms with Crippen LogP contribution in [0.2, 0.25) is 6.04 Å². The summed E-state index contributed by atoms with van der Waals surface area (Å²) in [5.41, 5.74) is 0. The summed E-state index contributed by atoms with van der Waals surface area (Å²) in [6.45, 7) is 10.4. The molecule has 0 rings (SSSR count). The molecule has 0 aliphatic rings. The summed E-state index contributed by atoms with van der Waals surface area (Å²) in [5, 5.41) is 0. The monoisotopic (exact) mass is 234 g/mol. The number of rotatable bonds is 10. The van der Waals surface area contributed by atoms with Gasteiger partial charge in [0.25, 0.3) is 0 Å². The van der Waals surface area contributed by atoms with Crippen molar-refractivity contribution in [1.29, 1.82) is 0 Å². The Bertz CT molecular complexity index is 125. The molecule has 4 heteroatoms. The molecular weight excluding hydrogens is 208 g/mol. The van der Waals surface area contributed by atoms with E-state index in [0.29, 0.717) is 13.2 Å². The second-order valence-corrected chi connectivity index (χ2v) is 6.23. The van der Waals surface area contributed by atoms with Crippen LogP contribution in [0.3, 0.4) is 0 Å². The third-order valence-corrected chi connectivity index (χ3v) is 5.32. The maximum Gasteiger partial charge on any atom is 0.500 e. The summed E-state index contributed by atoms with van der Waals surface area (Å²) in [6, 6.07) is 0.929. The van der Waals surface area contributed by atoms with Gasteiger partial charge in [-0.2, -0.15) is 0 Å². The minimum Gasteiger partial charge on any atom is -0.374 e. The van der Waals surface area contributed by atoms with Crippen LogP contribution in [0, 0.1) is 0 Å². The molecule has 0 amide bonds. The predicted octanol–water partition coefficient (Wildman–Crippen LogP) is 3.23. The second-order valence-electron chi connectivity index (χ2n) is 3.50. The molecule has 92 valence electrons. The minimum atomic E-state index is -2.33. The predicted molar refractivity (Wildman–Crippen MR) is 65.0 cm³/mol. The molecule has 0 aromatic carbocycles. The van der Waals surface area contributed by atoms with Gasteiger partial charge in [0, 0.05) is 25.9 Å². The molecule has 0 aromatic rings. The molecule has 0 aromatic heterocycles. The summed E-state index contributed by atoms with van der Waals surface area (Å²) >= 11 is 0. The van der Waals surface area contributed by atoms with Gasteiger partial charge < -0.3 is 13.3 Å². The molecule has 0 atom stereocenters. The maximum absolute atomic E-state index is 5.89. The lowest BCUT2D eigenvalue weighted by Gasteiger charge is -2.28. The topological polar surface area (TPSA) is 27.7 Å². The first kappa shape index (κ1) is 15.1. The smallest absolute Gasteiger partial charge is 0.374 e. The van der Waals surface area contributed by atoms with Crippen LogP contribution in [-0.4, -0.2) is 28.6 Å². The number of unbranched alkanes of at least 4 members (excludes halogenated alkanes) is 1. The van der Waals surface area contributed by atoms with Crippen molar-refractivity contribution in [2.24, 2.45) is 0 Å². The van der Waals surface area contributed by atoms with Gasteiger partial charge in [0.2, 0.25) is 0 Å². The quantitative estimate of drug-likeness (QED) is 0.429. The lowest BCUT2D eigenvalue weighted by atomic mass is 10.4. The van der Waals surface area contributed by atoms with E-state index in [1.54, 1.807) is 0 Å². The van der Waals surface area contributed by atoms with Gasteiger partial charge in [0.1, 0.15) is 0 Å². The zero-order chi connectivity index (χ0) is 11.6. The van der Waals surface area contributed by atoms with Crippen molar-refractivity contribution in [1.82, 2.24) is 0 Å². The molecular formula is C11H26O3Si. The molecule has 0 fully saturated rings. The average molecular weight is 234 g/mol. The van der Waals surface area contributed by atoms with Crippen LogP contribution < -0.4 is 0 Å². The first-order chi connectivity index (χ1) is 7.24. The van der Waals surface area contributed by atoms with Gasteiger partial charge in [-0.05, 0) is 20.3 Å². The van der Waals surface area contributed by atoms with Crippen molar-refractivity contribution in [3.63, 3.8) is 0 Å². The fourth-order valence-electron chi connectivity index (χ4n) is 1.46. The van der Waals surface area contributed by atoms with E-state index in [0.717, 1.165) is 31.9 Å². The third kappa shape index (κ3) is 6.30. The summed E-state index contributed by atoms with van der Waals surface area (Å²) < 4.78 is 17.4. The SMILES string of the molecule is CCCCO[Si](CCC)(OCC)OCC. The van der Waals surface area contributed by atoms with E-state index in [1.165, 1.54) is 0 Å². The molecule has 3 nitrogen and oxygen atoms in total. The van der Waals surface area contributed by atoms with E-state index in [9.17, 15) is 0 Å². The van der Waals surface area contributed by atoms with Crippen LogP contribution in [0.15, 0.2) is 0 Å². The van der Waals surface area contributed by atoms with E-state index >= 15 is 0 Å². The molecule has 15 heavy (non-hydrogen) atoms. The van der Waals surface area contributed by atoms with E-state index in [-0.39, 0.29) is 0 Å². The molecule has 0 aliphatic carbocycles. The highest BCUT2D eigenvalue weighted by molar-refractivity contribution is 6.60. The van der Waals surface area contributed by atoms with E-state index < -0.39 is 8.80 Å². The van der Waals surface area contributed by atoms with E-state index in [1.807, 2.05) is 13.8 Å². The Kier molecular flexibility index (Phi) is 9.39. The lowest BCUT2D eigenvalue weighted by Crippen LogP contribution is -2.46. The van der Waals surface area contributed by atoms with Crippen molar-refractivity contribution in [2.45, 2.75) is 53.0 Å². The van der Waals surface area contributed by atoms with Gasteiger partial charge in [0.05, 0.1) is 0 Å². The van der Waals surface area contributed by atoms with Crippen molar-refractivity contribution < 1.29 is 13.3 Å². The molecule has 0 heterocycles. The Labute approximate surface area is 95.5 Å². The van der Waals surface area contributed by atoms with Gasteiger partial charge in [-0.1, -0.05) is 26.7 Å². The number of hydrogen-bond acceptors (Lipinski definition) is 3. The summed E-state index contributed by atoms with van der Waals surface area (Å²) in [7, 11) is -2.33. The van der Waals surface area contributed by atoms with Crippen molar-refractivity contribution >= 4 is 8.80 Å². The lowest BCUT2D eigenvalue weighted by molar-refractivity contribution is 0.0659. The van der Waals surface area contributed by atoms with Crippen LogP contribution >= 0.6 is 0 Å². The second kappa shape index (κ2) is 9.33. The molecule has 0 spiro atoms. The largest absolute Gasteiger partial charge is 0.500 e. The highest BCUT2D eigenvalue weighted by Crippen LogP contribution is 2.18. The van der Waals surface area contributed by atoms with Gasteiger partial charge >= 0.3 is 8.80 Å². The van der Waals surface area contributed by atoms with Gasteiger partial charge in [-0.3, -0.25) is 0 Å². The molecule has 0 unspecified atom stereocenters. The van der Waals surface area contributed by atoms with Gasteiger partial charge in [0.15, 0.2) is 0 Å². The van der Waals surface area contributed by atoms with Gasteiger partial charge in [-0.25, -0.2) is 0 Å². The molecule has 0 N–H and O–H groups in total. The van der Waals surface area contributed by atoms with Crippen molar-refractivity contribution in [3.05, 3.63) is 0 Å². The third-order valence-electron chi connectivity index (χ3n) is 2.10. The zero-order valence-corrected chi connectivity index (χ0v) is 11.7. The molecule has 0 saturated carbocycles. The normalized spacial score (nSPS) is 12.0. The Hall–Kier alpha value is 0.0969. The van der Waals surface area contributed by atoms with Crippen LogP contribution in [0.1, 0.15) is 47.0 Å². The highest BCUT2D eigenvalue weighted by atomic mass is 28.4. The minimum absolute atomic E-state index is 0.679. The van der Waals surface area contributed by atoms with Crippen molar-refractivity contribution in [2.75, 3.05) is 19.8 Å². The Balaban J connectivity index is 4.18. The zero-order valence-electron chi connectivity index (χ0n) is 10.7. The van der Waals surface area contributed by atoms with E-state index in [4.69, 9.17) is 13.3 Å².